The summed E-state index contributed by atoms with van der Waals surface area (Å²) in [6, 6.07) is 28.7. The Hall–Kier alpha value is -3.40. The molecule has 0 spiro atoms. The van der Waals surface area contributed by atoms with E-state index in [2.05, 4.69) is 29.6 Å². The average molecular weight is 494 g/mol. The first-order valence-electron chi connectivity index (χ1n) is 13.8. The first kappa shape index (κ1) is 24.0. The zero-order chi connectivity index (χ0) is 25.4. The van der Waals surface area contributed by atoms with Crippen LogP contribution in [0.15, 0.2) is 84.9 Å². The fourth-order valence-corrected chi connectivity index (χ4v) is 8.24. The van der Waals surface area contributed by atoms with Gasteiger partial charge in [0, 0.05) is 5.92 Å². The molecule has 190 valence electrons. The first-order valence-corrected chi connectivity index (χ1v) is 13.8. The monoisotopic (exact) mass is 493 g/mol. The van der Waals surface area contributed by atoms with E-state index in [0.717, 1.165) is 49.7 Å². The normalized spacial score (nSPS) is 28.1. The van der Waals surface area contributed by atoms with Gasteiger partial charge in [-0.25, -0.2) is 0 Å². The molecule has 2 saturated carbocycles. The van der Waals surface area contributed by atoms with Crippen molar-refractivity contribution in [3.63, 3.8) is 0 Å². The number of carbonyl (C=O) groups is 2. The van der Waals surface area contributed by atoms with Crippen LogP contribution in [0.5, 0.6) is 0 Å². The number of benzene rings is 3. The Morgan fingerprint density at radius 1 is 0.838 bits per heavy atom. The van der Waals surface area contributed by atoms with Gasteiger partial charge in [0.25, 0.3) is 0 Å². The van der Waals surface area contributed by atoms with E-state index >= 15 is 0 Å². The van der Waals surface area contributed by atoms with Crippen LogP contribution in [0.25, 0.3) is 0 Å². The zero-order valence-electron chi connectivity index (χ0n) is 21.2. The fourth-order valence-electron chi connectivity index (χ4n) is 8.24. The van der Waals surface area contributed by atoms with E-state index < -0.39 is 11.4 Å². The van der Waals surface area contributed by atoms with Crippen LogP contribution in [-0.2, 0) is 16.0 Å². The van der Waals surface area contributed by atoms with Crippen LogP contribution in [0.4, 0.5) is 0 Å². The van der Waals surface area contributed by atoms with E-state index in [-0.39, 0.29) is 30.2 Å². The lowest BCUT2D eigenvalue weighted by atomic mass is 9.52. The van der Waals surface area contributed by atoms with Crippen LogP contribution in [0.1, 0.15) is 72.7 Å². The van der Waals surface area contributed by atoms with Crippen molar-refractivity contribution in [2.24, 2.45) is 23.2 Å². The van der Waals surface area contributed by atoms with Gasteiger partial charge in [-0.15, -0.1) is 0 Å². The summed E-state index contributed by atoms with van der Waals surface area (Å²) in [6.07, 6.45) is 5.72. The van der Waals surface area contributed by atoms with E-state index in [1.165, 1.54) is 11.1 Å². The average Bonchev–Trinajstić information content (AvgIpc) is 3.31. The quantitative estimate of drug-likeness (QED) is 0.411. The van der Waals surface area contributed by atoms with Crippen molar-refractivity contribution < 1.29 is 14.7 Å². The van der Waals surface area contributed by atoms with Gasteiger partial charge in [-0.1, -0.05) is 84.9 Å². The molecule has 3 aromatic carbocycles. The summed E-state index contributed by atoms with van der Waals surface area (Å²) in [5.41, 5.74) is 4.52. The second-order valence-electron chi connectivity index (χ2n) is 11.3. The van der Waals surface area contributed by atoms with E-state index in [1.54, 1.807) is 0 Å². The zero-order valence-corrected chi connectivity index (χ0v) is 21.2. The van der Waals surface area contributed by atoms with Gasteiger partial charge in [-0.3, -0.25) is 9.59 Å². The number of rotatable bonds is 6. The summed E-state index contributed by atoms with van der Waals surface area (Å²) >= 11 is 0. The van der Waals surface area contributed by atoms with Gasteiger partial charge < -0.3 is 10.4 Å². The number of carboxylic acid groups (broad SMARTS) is 1. The number of carboxylic acids is 1. The molecule has 4 nitrogen and oxygen atoms in total. The van der Waals surface area contributed by atoms with Gasteiger partial charge in [-0.2, -0.15) is 0 Å². The molecule has 3 aliphatic rings. The number of hydrogen-bond donors (Lipinski definition) is 2. The Labute approximate surface area is 219 Å². The third-order valence-corrected chi connectivity index (χ3v) is 9.70. The van der Waals surface area contributed by atoms with Crippen molar-refractivity contribution in [2.75, 3.05) is 0 Å². The first-order chi connectivity index (χ1) is 18.1. The fraction of sp³-hybridized carbons (Fsp3) is 0.394. The van der Waals surface area contributed by atoms with Gasteiger partial charge in [-0.05, 0) is 83.9 Å². The molecule has 5 atom stereocenters. The van der Waals surface area contributed by atoms with Crippen LogP contribution in [0.3, 0.4) is 0 Å². The highest BCUT2D eigenvalue weighted by Gasteiger charge is 2.59. The summed E-state index contributed by atoms with van der Waals surface area (Å²) in [5, 5.41) is 13.4. The smallest absolute Gasteiger partial charge is 0.303 e. The van der Waals surface area contributed by atoms with E-state index in [1.807, 2.05) is 60.7 Å². The van der Waals surface area contributed by atoms with Gasteiger partial charge in [0.1, 0.15) is 0 Å². The van der Waals surface area contributed by atoms with Crippen molar-refractivity contribution in [3.8, 4) is 0 Å². The Morgan fingerprint density at radius 2 is 1.49 bits per heavy atom. The largest absolute Gasteiger partial charge is 0.481 e. The highest BCUT2D eigenvalue weighted by atomic mass is 16.4. The number of aryl methyl sites for hydroxylation is 1. The van der Waals surface area contributed by atoms with E-state index in [0.29, 0.717) is 11.8 Å². The highest BCUT2D eigenvalue weighted by molar-refractivity contribution is 5.82. The number of carbonyl (C=O) groups excluding carboxylic acids is 1. The summed E-state index contributed by atoms with van der Waals surface area (Å²) in [7, 11) is 0. The molecule has 0 aliphatic heterocycles. The number of nitrogens with one attached hydrogen (secondary N) is 1. The lowest BCUT2D eigenvalue weighted by molar-refractivity contribution is -0.146. The Kier molecular flexibility index (Phi) is 6.36. The van der Waals surface area contributed by atoms with Gasteiger partial charge in [0.05, 0.1) is 12.5 Å². The molecule has 0 bridgehead atoms. The Morgan fingerprint density at radius 3 is 2.16 bits per heavy atom. The SMILES string of the molecule is O=C(O)C[C@]12CC[C@@H]3c4ccccc4CC[C@H]3[C@@H]1CCC2C(=O)NC(c1ccccc1)c1ccccc1. The molecule has 37 heavy (non-hydrogen) atoms. The predicted molar refractivity (Wildman–Crippen MR) is 144 cm³/mol. The summed E-state index contributed by atoms with van der Waals surface area (Å²) < 4.78 is 0. The summed E-state index contributed by atoms with van der Waals surface area (Å²) in [6.45, 7) is 0. The molecule has 6 rings (SSSR count). The van der Waals surface area contributed by atoms with Crippen LogP contribution in [0.2, 0.25) is 0 Å². The number of hydrogen-bond acceptors (Lipinski definition) is 2. The van der Waals surface area contributed by atoms with Crippen LogP contribution >= 0.6 is 0 Å². The Bertz CT molecular complexity index is 1230. The molecule has 2 N–H and O–H groups in total. The van der Waals surface area contributed by atoms with E-state index in [9.17, 15) is 14.7 Å². The van der Waals surface area contributed by atoms with Gasteiger partial charge in [0.15, 0.2) is 0 Å². The molecule has 1 unspecified atom stereocenters. The van der Waals surface area contributed by atoms with Crippen molar-refractivity contribution in [1.82, 2.24) is 5.32 Å². The number of aliphatic carboxylic acids is 1. The molecule has 0 radical (unpaired) electrons. The maximum atomic E-state index is 14.1. The summed E-state index contributed by atoms with van der Waals surface area (Å²) in [5.74, 6) is 0.179. The summed E-state index contributed by atoms with van der Waals surface area (Å²) in [4.78, 5) is 26.4. The minimum Gasteiger partial charge on any atom is -0.481 e. The topological polar surface area (TPSA) is 66.4 Å². The van der Waals surface area contributed by atoms with Crippen molar-refractivity contribution in [1.29, 1.82) is 0 Å². The molecular weight excluding hydrogens is 458 g/mol. The van der Waals surface area contributed by atoms with Crippen LogP contribution < -0.4 is 5.32 Å². The Balaban J connectivity index is 1.31. The minimum absolute atomic E-state index is 0.0103. The molecular formula is C33H35NO3. The van der Waals surface area contributed by atoms with Crippen LogP contribution in [-0.4, -0.2) is 17.0 Å². The number of fused-ring (bicyclic) bond motifs is 5. The highest BCUT2D eigenvalue weighted by Crippen LogP contribution is 2.64. The van der Waals surface area contributed by atoms with Gasteiger partial charge in [0.2, 0.25) is 5.91 Å². The second-order valence-corrected chi connectivity index (χ2v) is 11.3. The van der Waals surface area contributed by atoms with Crippen LogP contribution in [0, 0.1) is 23.2 Å². The molecule has 1 amide bonds. The maximum absolute atomic E-state index is 14.1. The van der Waals surface area contributed by atoms with Crippen molar-refractivity contribution in [3.05, 3.63) is 107 Å². The minimum atomic E-state index is -0.776. The molecule has 2 fully saturated rings. The van der Waals surface area contributed by atoms with Crippen molar-refractivity contribution in [2.45, 2.75) is 56.9 Å². The van der Waals surface area contributed by atoms with Gasteiger partial charge >= 0.3 is 5.97 Å². The van der Waals surface area contributed by atoms with E-state index in [4.69, 9.17) is 0 Å². The molecule has 3 aliphatic carbocycles. The third-order valence-electron chi connectivity index (χ3n) is 9.70. The standard InChI is InChI=1S/C33H35NO3/c35-30(36)21-33-20-19-26-25-14-8-7-9-22(25)15-16-27(26)28(33)17-18-29(33)32(37)34-31(23-10-3-1-4-11-23)24-12-5-2-6-13-24/h1-14,26-29,31H,15-21H2,(H,34,37)(H,35,36)/t26-,27-,28+,29?,33-/m1/s1. The van der Waals surface area contributed by atoms with Crippen molar-refractivity contribution >= 4 is 11.9 Å². The lowest BCUT2D eigenvalue weighted by Gasteiger charge is -2.51. The maximum Gasteiger partial charge on any atom is 0.303 e. The molecule has 3 aromatic rings. The molecule has 0 saturated heterocycles. The molecule has 0 heterocycles. The third kappa shape index (κ3) is 4.27. The lowest BCUT2D eigenvalue weighted by Crippen LogP contribution is -2.49. The number of amides is 1. The predicted octanol–water partition coefficient (Wildman–Crippen LogP) is 6.52. The molecule has 0 aromatic heterocycles. The second kappa shape index (κ2) is 9.81. The molecule has 4 heteroatoms.